The minimum absolute atomic E-state index is 0.276. The average molecular weight is 289 g/mol. The Balaban J connectivity index is 1.63. The number of allylic oxidation sites excluding steroid dienone is 1. The maximum Gasteiger partial charge on any atom is 0.407 e. The number of benzene rings is 1. The van der Waals surface area contributed by atoms with Crippen LogP contribution in [-0.4, -0.2) is 19.7 Å². The van der Waals surface area contributed by atoms with Crippen molar-refractivity contribution in [2.45, 2.75) is 38.7 Å². The van der Waals surface area contributed by atoms with Crippen LogP contribution in [0, 0.1) is 0 Å². The van der Waals surface area contributed by atoms with Crippen molar-refractivity contribution >= 4 is 6.09 Å². The Morgan fingerprint density at radius 3 is 2.71 bits per heavy atom. The number of hydrogen-bond acceptors (Lipinski definition) is 3. The summed E-state index contributed by atoms with van der Waals surface area (Å²) in [6.45, 7) is 0.922. The summed E-state index contributed by atoms with van der Waals surface area (Å²) in [6.07, 6.45) is 7.78. The Bertz CT molecular complexity index is 479. The molecule has 0 fully saturated rings. The van der Waals surface area contributed by atoms with E-state index in [1.54, 1.807) is 7.11 Å². The van der Waals surface area contributed by atoms with Gasteiger partial charge in [-0.2, -0.15) is 0 Å². The van der Waals surface area contributed by atoms with Crippen LogP contribution in [0.2, 0.25) is 0 Å². The van der Waals surface area contributed by atoms with Gasteiger partial charge in [0.2, 0.25) is 0 Å². The van der Waals surface area contributed by atoms with Crippen molar-refractivity contribution in [3.63, 3.8) is 0 Å². The first-order chi connectivity index (χ1) is 10.3. The molecule has 0 bridgehead atoms. The predicted molar refractivity (Wildman–Crippen MR) is 82.3 cm³/mol. The maximum atomic E-state index is 11.6. The van der Waals surface area contributed by atoms with Gasteiger partial charge in [0.15, 0.2) is 0 Å². The Labute approximate surface area is 126 Å². The predicted octanol–water partition coefficient (Wildman–Crippen LogP) is 3.81. The zero-order valence-electron chi connectivity index (χ0n) is 12.6. The molecule has 1 aromatic carbocycles. The van der Waals surface area contributed by atoms with Gasteiger partial charge in [0.1, 0.15) is 12.4 Å². The summed E-state index contributed by atoms with van der Waals surface area (Å²) < 4.78 is 10.3. The molecule has 1 N–H and O–H groups in total. The van der Waals surface area contributed by atoms with Gasteiger partial charge >= 0.3 is 6.09 Å². The van der Waals surface area contributed by atoms with Gasteiger partial charge in [0.05, 0.1) is 7.11 Å². The highest BCUT2D eigenvalue weighted by Crippen LogP contribution is 2.19. The quantitative estimate of drug-likeness (QED) is 0.810. The molecule has 114 valence electrons. The van der Waals surface area contributed by atoms with E-state index >= 15 is 0 Å². The molecule has 0 spiro atoms. The number of amides is 1. The minimum Gasteiger partial charge on any atom is -0.497 e. The highest BCUT2D eigenvalue weighted by Gasteiger charge is 2.06. The van der Waals surface area contributed by atoms with E-state index in [0.29, 0.717) is 6.54 Å². The van der Waals surface area contributed by atoms with Crippen molar-refractivity contribution in [3.8, 4) is 5.75 Å². The molecule has 0 radical (unpaired) electrons. The number of rotatable bonds is 6. The van der Waals surface area contributed by atoms with Crippen LogP contribution in [-0.2, 0) is 11.3 Å². The summed E-state index contributed by atoms with van der Waals surface area (Å²) in [6, 6.07) is 7.48. The van der Waals surface area contributed by atoms with Crippen LogP contribution in [0.25, 0.3) is 0 Å². The fourth-order valence-electron chi connectivity index (χ4n) is 2.38. The van der Waals surface area contributed by atoms with E-state index in [9.17, 15) is 4.79 Å². The summed E-state index contributed by atoms with van der Waals surface area (Å²) in [5, 5.41) is 2.80. The lowest BCUT2D eigenvalue weighted by molar-refractivity contribution is 0.140. The Morgan fingerprint density at radius 2 is 2.05 bits per heavy atom. The van der Waals surface area contributed by atoms with Crippen LogP contribution < -0.4 is 10.1 Å². The van der Waals surface area contributed by atoms with Crippen LogP contribution in [0.3, 0.4) is 0 Å². The van der Waals surface area contributed by atoms with Crippen molar-refractivity contribution in [3.05, 3.63) is 41.5 Å². The summed E-state index contributed by atoms with van der Waals surface area (Å²) >= 11 is 0. The fraction of sp³-hybridized carbons (Fsp3) is 0.471. The SMILES string of the molecule is COc1ccc(COC(=O)NCCC2=CCCCC2)cc1. The van der Waals surface area contributed by atoms with Crippen molar-refractivity contribution in [2.24, 2.45) is 0 Å². The fourth-order valence-corrected chi connectivity index (χ4v) is 2.38. The molecule has 4 heteroatoms. The second-order valence-corrected chi connectivity index (χ2v) is 5.21. The van der Waals surface area contributed by atoms with Gasteiger partial charge in [-0.15, -0.1) is 0 Å². The van der Waals surface area contributed by atoms with Crippen molar-refractivity contribution < 1.29 is 14.3 Å². The first kappa shape index (κ1) is 15.4. The van der Waals surface area contributed by atoms with E-state index in [-0.39, 0.29) is 12.7 Å². The Morgan fingerprint density at radius 1 is 1.24 bits per heavy atom. The van der Waals surface area contributed by atoms with Crippen LogP contribution in [0.5, 0.6) is 5.75 Å². The summed E-state index contributed by atoms with van der Waals surface area (Å²) in [4.78, 5) is 11.6. The molecule has 0 saturated heterocycles. The van der Waals surface area contributed by atoms with Crippen molar-refractivity contribution in [1.82, 2.24) is 5.32 Å². The van der Waals surface area contributed by atoms with E-state index in [0.717, 1.165) is 17.7 Å². The van der Waals surface area contributed by atoms with Crippen LogP contribution in [0.4, 0.5) is 4.79 Å². The number of ether oxygens (including phenoxy) is 2. The van der Waals surface area contributed by atoms with Gasteiger partial charge in [-0.1, -0.05) is 23.8 Å². The smallest absolute Gasteiger partial charge is 0.407 e. The van der Waals surface area contributed by atoms with Crippen molar-refractivity contribution in [2.75, 3.05) is 13.7 Å². The van der Waals surface area contributed by atoms with E-state index in [2.05, 4.69) is 11.4 Å². The minimum atomic E-state index is -0.359. The lowest BCUT2D eigenvalue weighted by Crippen LogP contribution is -2.25. The number of nitrogens with one attached hydrogen (secondary N) is 1. The number of hydrogen-bond donors (Lipinski definition) is 1. The molecular formula is C17H23NO3. The van der Waals surface area contributed by atoms with E-state index in [1.807, 2.05) is 24.3 Å². The van der Waals surface area contributed by atoms with E-state index in [1.165, 1.54) is 31.3 Å². The van der Waals surface area contributed by atoms with Gasteiger partial charge in [0.25, 0.3) is 0 Å². The molecular weight excluding hydrogens is 266 g/mol. The number of carbonyl (C=O) groups excluding carboxylic acids is 1. The molecule has 0 heterocycles. The Hall–Kier alpha value is -1.97. The third kappa shape index (κ3) is 5.50. The summed E-state index contributed by atoms with van der Waals surface area (Å²) in [5.41, 5.74) is 2.40. The third-order valence-electron chi connectivity index (χ3n) is 3.63. The molecule has 21 heavy (non-hydrogen) atoms. The third-order valence-corrected chi connectivity index (χ3v) is 3.63. The summed E-state index contributed by atoms with van der Waals surface area (Å²) in [5.74, 6) is 0.795. The normalized spacial score (nSPS) is 14.2. The highest BCUT2D eigenvalue weighted by molar-refractivity contribution is 5.67. The average Bonchev–Trinajstić information content (AvgIpc) is 2.54. The molecule has 0 aromatic heterocycles. The largest absolute Gasteiger partial charge is 0.497 e. The second kappa shape index (κ2) is 8.35. The van der Waals surface area contributed by atoms with E-state index < -0.39 is 0 Å². The molecule has 0 atom stereocenters. The summed E-state index contributed by atoms with van der Waals surface area (Å²) in [7, 11) is 1.63. The maximum absolute atomic E-state index is 11.6. The molecule has 1 aromatic rings. The number of carbonyl (C=O) groups is 1. The van der Waals surface area contributed by atoms with Gasteiger partial charge in [-0.05, 0) is 49.8 Å². The van der Waals surface area contributed by atoms with Gasteiger partial charge in [-0.25, -0.2) is 4.79 Å². The molecule has 2 rings (SSSR count). The number of alkyl carbamates (subject to hydrolysis) is 1. The van der Waals surface area contributed by atoms with Crippen molar-refractivity contribution in [1.29, 1.82) is 0 Å². The molecule has 0 unspecified atom stereocenters. The molecule has 1 aliphatic rings. The first-order valence-corrected chi connectivity index (χ1v) is 7.49. The molecule has 4 nitrogen and oxygen atoms in total. The van der Waals surface area contributed by atoms with Crippen LogP contribution >= 0.6 is 0 Å². The van der Waals surface area contributed by atoms with Crippen LogP contribution in [0.1, 0.15) is 37.7 Å². The first-order valence-electron chi connectivity index (χ1n) is 7.49. The van der Waals surface area contributed by atoms with Gasteiger partial charge in [0, 0.05) is 6.54 Å². The lowest BCUT2D eigenvalue weighted by atomic mass is 9.97. The topological polar surface area (TPSA) is 47.6 Å². The second-order valence-electron chi connectivity index (χ2n) is 5.21. The zero-order valence-corrected chi connectivity index (χ0v) is 12.6. The lowest BCUT2D eigenvalue weighted by Gasteiger charge is -2.13. The molecule has 1 aliphatic carbocycles. The number of methoxy groups -OCH3 is 1. The molecule has 1 amide bonds. The highest BCUT2D eigenvalue weighted by atomic mass is 16.5. The molecule has 0 aliphatic heterocycles. The van der Waals surface area contributed by atoms with Gasteiger partial charge < -0.3 is 14.8 Å². The zero-order chi connectivity index (χ0) is 14.9. The monoisotopic (exact) mass is 289 g/mol. The van der Waals surface area contributed by atoms with Crippen LogP contribution in [0.15, 0.2) is 35.9 Å². The Kier molecular flexibility index (Phi) is 6.13. The van der Waals surface area contributed by atoms with Gasteiger partial charge in [-0.3, -0.25) is 0 Å². The molecule has 0 saturated carbocycles. The standard InChI is InChI=1S/C17H23NO3/c1-20-16-9-7-15(8-10-16)13-21-17(19)18-12-11-14-5-3-2-4-6-14/h5,7-10H,2-4,6,11-13H2,1H3,(H,18,19). The van der Waals surface area contributed by atoms with E-state index in [4.69, 9.17) is 9.47 Å².